The van der Waals surface area contributed by atoms with E-state index in [9.17, 15) is 9.90 Å². The Balaban J connectivity index is 2.15. The second-order valence-corrected chi connectivity index (χ2v) is 7.62. The lowest BCUT2D eigenvalue weighted by Gasteiger charge is -2.38. The van der Waals surface area contributed by atoms with E-state index in [0.717, 1.165) is 11.1 Å². The van der Waals surface area contributed by atoms with Crippen LogP contribution in [0.15, 0.2) is 30.3 Å². The Bertz CT molecular complexity index is 913. The van der Waals surface area contributed by atoms with Crippen LogP contribution < -0.4 is 23.7 Å². The zero-order valence-corrected chi connectivity index (χ0v) is 19.2. The fraction of sp³-hybridized carbons (Fsp3) is 0.458. The number of ether oxygens (including phenoxy) is 5. The molecule has 32 heavy (non-hydrogen) atoms. The zero-order chi connectivity index (χ0) is 23.3. The minimum absolute atomic E-state index is 0.233. The quantitative estimate of drug-likeness (QED) is 0.626. The lowest BCUT2D eigenvalue weighted by molar-refractivity contribution is -0.143. The molecule has 8 nitrogen and oxygen atoms in total. The Morgan fingerprint density at radius 3 is 1.94 bits per heavy atom. The zero-order valence-electron chi connectivity index (χ0n) is 19.2. The largest absolute Gasteiger partial charge is 0.497 e. The van der Waals surface area contributed by atoms with Crippen molar-refractivity contribution in [3.63, 3.8) is 0 Å². The second-order valence-electron chi connectivity index (χ2n) is 7.62. The first-order valence-corrected chi connectivity index (χ1v) is 10.5. The van der Waals surface area contributed by atoms with E-state index in [1.54, 1.807) is 35.5 Å². The average Bonchev–Trinajstić information content (AvgIpc) is 2.83. The molecule has 174 valence electrons. The maximum atomic E-state index is 11.5. The first-order chi connectivity index (χ1) is 15.5. The van der Waals surface area contributed by atoms with Gasteiger partial charge in [-0.15, -0.1) is 0 Å². The fourth-order valence-corrected chi connectivity index (χ4v) is 4.30. The Morgan fingerprint density at radius 1 is 0.875 bits per heavy atom. The molecular formula is C24H31NO7. The van der Waals surface area contributed by atoms with Crippen LogP contribution in [0.3, 0.4) is 0 Å². The highest BCUT2D eigenvalue weighted by Crippen LogP contribution is 2.45. The SMILES string of the molecule is COc1ccc(OC)c(C(c2cc(OC)c(OC)c(OC)c2)N2CCC(C(=O)O)CC2)c1. The summed E-state index contributed by atoms with van der Waals surface area (Å²) in [7, 11) is 7.99. The van der Waals surface area contributed by atoms with Gasteiger partial charge in [-0.25, -0.2) is 0 Å². The van der Waals surface area contributed by atoms with Gasteiger partial charge < -0.3 is 28.8 Å². The third-order valence-electron chi connectivity index (χ3n) is 5.98. The van der Waals surface area contributed by atoms with Crippen molar-refractivity contribution in [3.8, 4) is 28.7 Å². The van der Waals surface area contributed by atoms with Gasteiger partial charge in [0.25, 0.3) is 0 Å². The van der Waals surface area contributed by atoms with Gasteiger partial charge in [0, 0.05) is 5.56 Å². The van der Waals surface area contributed by atoms with E-state index in [0.29, 0.717) is 54.7 Å². The number of aliphatic carboxylic acids is 1. The van der Waals surface area contributed by atoms with Crippen molar-refractivity contribution < 1.29 is 33.6 Å². The van der Waals surface area contributed by atoms with E-state index in [1.165, 1.54) is 0 Å². The van der Waals surface area contributed by atoms with Gasteiger partial charge in [-0.2, -0.15) is 0 Å². The molecule has 1 fully saturated rings. The van der Waals surface area contributed by atoms with E-state index in [4.69, 9.17) is 23.7 Å². The van der Waals surface area contributed by atoms with Gasteiger partial charge in [-0.1, -0.05) is 0 Å². The highest BCUT2D eigenvalue weighted by Gasteiger charge is 2.33. The first kappa shape index (κ1) is 23.5. The smallest absolute Gasteiger partial charge is 0.306 e. The lowest BCUT2D eigenvalue weighted by Crippen LogP contribution is -2.39. The van der Waals surface area contributed by atoms with Crippen molar-refractivity contribution in [2.75, 3.05) is 48.6 Å². The van der Waals surface area contributed by atoms with Crippen molar-refractivity contribution >= 4 is 5.97 Å². The van der Waals surface area contributed by atoms with Crippen LogP contribution in [-0.2, 0) is 4.79 Å². The van der Waals surface area contributed by atoms with Crippen molar-refractivity contribution in [2.24, 2.45) is 5.92 Å². The van der Waals surface area contributed by atoms with Gasteiger partial charge in [-0.05, 0) is 61.8 Å². The van der Waals surface area contributed by atoms with Crippen molar-refractivity contribution in [1.29, 1.82) is 0 Å². The molecule has 1 N–H and O–H groups in total. The molecule has 3 rings (SSSR count). The van der Waals surface area contributed by atoms with Crippen LogP contribution in [0.2, 0.25) is 0 Å². The van der Waals surface area contributed by atoms with Gasteiger partial charge in [-0.3, -0.25) is 9.69 Å². The number of nitrogens with zero attached hydrogens (tertiary/aromatic N) is 1. The number of carboxylic acid groups (broad SMARTS) is 1. The van der Waals surface area contributed by atoms with Crippen molar-refractivity contribution in [3.05, 3.63) is 41.5 Å². The van der Waals surface area contributed by atoms with E-state index in [-0.39, 0.29) is 12.0 Å². The molecule has 1 aliphatic heterocycles. The maximum Gasteiger partial charge on any atom is 0.306 e. The summed E-state index contributed by atoms with van der Waals surface area (Å²) in [5.41, 5.74) is 1.83. The van der Waals surface area contributed by atoms with Crippen molar-refractivity contribution in [2.45, 2.75) is 18.9 Å². The van der Waals surface area contributed by atoms with E-state index in [1.807, 2.05) is 30.3 Å². The Kier molecular flexibility index (Phi) is 7.69. The summed E-state index contributed by atoms with van der Waals surface area (Å²) < 4.78 is 27.8. The summed E-state index contributed by atoms with van der Waals surface area (Å²) in [6.45, 7) is 1.25. The van der Waals surface area contributed by atoms with Gasteiger partial charge in [0.15, 0.2) is 11.5 Å². The van der Waals surface area contributed by atoms with Crippen LogP contribution in [0.1, 0.15) is 30.0 Å². The predicted octanol–water partition coefficient (Wildman–Crippen LogP) is 3.62. The highest BCUT2D eigenvalue weighted by molar-refractivity contribution is 5.70. The highest BCUT2D eigenvalue weighted by atomic mass is 16.5. The molecule has 1 heterocycles. The monoisotopic (exact) mass is 445 g/mol. The van der Waals surface area contributed by atoms with Crippen LogP contribution in [0.25, 0.3) is 0 Å². The summed E-state index contributed by atoms with van der Waals surface area (Å²) in [4.78, 5) is 13.8. The molecule has 0 aromatic heterocycles. The molecule has 0 bridgehead atoms. The lowest BCUT2D eigenvalue weighted by atomic mass is 9.90. The Morgan fingerprint density at radius 2 is 1.47 bits per heavy atom. The number of piperidine rings is 1. The first-order valence-electron chi connectivity index (χ1n) is 10.5. The molecule has 0 aliphatic carbocycles. The van der Waals surface area contributed by atoms with E-state index >= 15 is 0 Å². The molecule has 0 radical (unpaired) electrons. The van der Waals surface area contributed by atoms with Crippen LogP contribution in [0.4, 0.5) is 0 Å². The number of carboxylic acids is 1. The maximum absolute atomic E-state index is 11.5. The number of carbonyl (C=O) groups is 1. The third-order valence-corrected chi connectivity index (χ3v) is 5.98. The minimum atomic E-state index is -0.743. The molecule has 1 atom stereocenters. The number of hydrogen-bond acceptors (Lipinski definition) is 7. The molecule has 1 unspecified atom stereocenters. The van der Waals surface area contributed by atoms with Crippen LogP contribution in [0.5, 0.6) is 28.7 Å². The summed E-state index contributed by atoms with van der Waals surface area (Å²) >= 11 is 0. The van der Waals surface area contributed by atoms with E-state index < -0.39 is 5.97 Å². The summed E-state index contributed by atoms with van der Waals surface area (Å²) in [6.07, 6.45) is 1.14. The molecule has 2 aromatic carbocycles. The third kappa shape index (κ3) is 4.70. The molecule has 0 spiro atoms. The number of benzene rings is 2. The van der Waals surface area contributed by atoms with Crippen molar-refractivity contribution in [1.82, 2.24) is 4.90 Å². The number of rotatable bonds is 9. The molecule has 1 saturated heterocycles. The van der Waals surface area contributed by atoms with Crippen LogP contribution in [-0.4, -0.2) is 64.6 Å². The summed E-state index contributed by atoms with van der Waals surface area (Å²) in [5, 5.41) is 9.44. The van der Waals surface area contributed by atoms with E-state index in [2.05, 4.69) is 4.90 Å². The number of hydrogen-bond donors (Lipinski definition) is 1. The number of methoxy groups -OCH3 is 5. The normalized spacial score (nSPS) is 15.7. The van der Waals surface area contributed by atoms with Crippen LogP contribution >= 0.6 is 0 Å². The predicted molar refractivity (Wildman–Crippen MR) is 119 cm³/mol. The Hall–Kier alpha value is -3.13. The van der Waals surface area contributed by atoms with Gasteiger partial charge in [0.05, 0.1) is 47.5 Å². The summed E-state index contributed by atoms with van der Waals surface area (Å²) in [5.74, 6) is 1.96. The molecule has 1 aliphatic rings. The van der Waals surface area contributed by atoms with Crippen LogP contribution in [0, 0.1) is 5.92 Å². The topological polar surface area (TPSA) is 86.7 Å². The molecular weight excluding hydrogens is 414 g/mol. The molecule has 0 saturated carbocycles. The van der Waals surface area contributed by atoms with Gasteiger partial charge in [0.1, 0.15) is 11.5 Å². The Labute approximate surface area is 188 Å². The summed E-state index contributed by atoms with van der Waals surface area (Å²) in [6, 6.07) is 9.30. The number of likely N-dealkylation sites (tertiary alicyclic amines) is 1. The molecule has 0 amide bonds. The minimum Gasteiger partial charge on any atom is -0.497 e. The standard InChI is InChI=1S/C24H31NO7/c1-28-17-6-7-19(29-2)18(14-17)22(25-10-8-15(9-11-25)24(26)27)16-12-20(30-3)23(32-5)21(13-16)31-4/h6-7,12-15,22H,8-11H2,1-5H3,(H,26,27). The fourth-order valence-electron chi connectivity index (χ4n) is 4.30. The van der Waals surface area contributed by atoms with Gasteiger partial charge in [0.2, 0.25) is 5.75 Å². The molecule has 2 aromatic rings. The average molecular weight is 446 g/mol. The molecule has 8 heteroatoms. The second kappa shape index (κ2) is 10.5. The van der Waals surface area contributed by atoms with Gasteiger partial charge >= 0.3 is 5.97 Å².